The molecule has 146 valence electrons. The minimum Gasteiger partial charge on any atom is -0.508 e. The van der Waals surface area contributed by atoms with Gasteiger partial charge in [0.15, 0.2) is 0 Å². The van der Waals surface area contributed by atoms with Gasteiger partial charge >= 0.3 is 0 Å². The third-order valence-electron chi connectivity index (χ3n) is 4.34. The molecule has 0 atom stereocenters. The van der Waals surface area contributed by atoms with Gasteiger partial charge in [0.2, 0.25) is 5.28 Å². The molecule has 8 heteroatoms. The molecular weight excluding hydrogens is 387 g/mol. The van der Waals surface area contributed by atoms with Gasteiger partial charge in [-0.05, 0) is 56.0 Å². The first-order valence-corrected chi connectivity index (χ1v) is 9.81. The molecule has 0 radical (unpaired) electrons. The topological polar surface area (TPSA) is 70.5 Å². The number of aromatic nitrogens is 2. The van der Waals surface area contributed by atoms with Crippen LogP contribution in [0, 0.1) is 0 Å². The Labute approximate surface area is 169 Å². The number of piperidine rings is 1. The second-order valence-electron chi connectivity index (χ2n) is 7.04. The number of hydrogen-bond donors (Lipinski definition) is 2. The van der Waals surface area contributed by atoms with Crippen LogP contribution < -0.4 is 10.1 Å². The molecule has 1 aliphatic heterocycles. The van der Waals surface area contributed by atoms with Gasteiger partial charge < -0.3 is 15.2 Å². The van der Waals surface area contributed by atoms with Crippen molar-refractivity contribution in [3.8, 4) is 11.5 Å². The first-order chi connectivity index (χ1) is 12.9. The van der Waals surface area contributed by atoms with E-state index in [2.05, 4.69) is 20.2 Å². The SMILES string of the molecule is CC(C)Oc1cc(O)cc(CN2CCC(Nc3cc(Cl)nc(Cl)n3)CC2)c1. The lowest BCUT2D eigenvalue weighted by Crippen LogP contribution is -2.38. The summed E-state index contributed by atoms with van der Waals surface area (Å²) in [5, 5.41) is 13.8. The number of likely N-dealkylation sites (tertiary alicyclic amines) is 1. The average molecular weight is 411 g/mol. The number of nitrogens with one attached hydrogen (secondary N) is 1. The minimum absolute atomic E-state index is 0.0743. The molecule has 1 aromatic heterocycles. The predicted molar refractivity (Wildman–Crippen MR) is 108 cm³/mol. The van der Waals surface area contributed by atoms with E-state index in [9.17, 15) is 5.11 Å². The highest BCUT2D eigenvalue weighted by atomic mass is 35.5. The van der Waals surface area contributed by atoms with Crippen molar-refractivity contribution in [2.24, 2.45) is 0 Å². The fraction of sp³-hybridized carbons (Fsp3) is 0.474. The number of phenolic OH excluding ortho intramolecular Hbond substituents is 1. The Morgan fingerprint density at radius 3 is 2.59 bits per heavy atom. The van der Waals surface area contributed by atoms with Gasteiger partial charge in [0, 0.05) is 37.8 Å². The summed E-state index contributed by atoms with van der Waals surface area (Å²) in [5.74, 6) is 1.59. The van der Waals surface area contributed by atoms with Crippen LogP contribution in [0.3, 0.4) is 0 Å². The van der Waals surface area contributed by atoms with E-state index < -0.39 is 0 Å². The summed E-state index contributed by atoms with van der Waals surface area (Å²) in [7, 11) is 0. The van der Waals surface area contributed by atoms with Crippen molar-refractivity contribution in [2.75, 3.05) is 18.4 Å². The smallest absolute Gasteiger partial charge is 0.225 e. The molecule has 2 aromatic rings. The molecule has 1 fully saturated rings. The van der Waals surface area contributed by atoms with E-state index in [4.69, 9.17) is 27.9 Å². The lowest BCUT2D eigenvalue weighted by molar-refractivity contribution is 0.209. The van der Waals surface area contributed by atoms with Gasteiger partial charge in [-0.1, -0.05) is 11.6 Å². The maximum absolute atomic E-state index is 9.95. The average Bonchev–Trinajstić information content (AvgIpc) is 2.54. The van der Waals surface area contributed by atoms with Gasteiger partial charge in [-0.25, -0.2) is 9.97 Å². The van der Waals surface area contributed by atoms with Gasteiger partial charge in [0.25, 0.3) is 0 Å². The number of halogens is 2. The highest BCUT2D eigenvalue weighted by molar-refractivity contribution is 6.32. The van der Waals surface area contributed by atoms with Crippen molar-refractivity contribution < 1.29 is 9.84 Å². The fourth-order valence-corrected chi connectivity index (χ4v) is 3.65. The molecule has 0 spiro atoms. The molecule has 0 amide bonds. The van der Waals surface area contributed by atoms with Gasteiger partial charge in [-0.15, -0.1) is 0 Å². The van der Waals surface area contributed by atoms with Crippen LogP contribution in [-0.4, -0.2) is 45.2 Å². The Hall–Kier alpha value is -1.76. The lowest BCUT2D eigenvalue weighted by Gasteiger charge is -2.32. The third kappa shape index (κ3) is 6.13. The summed E-state index contributed by atoms with van der Waals surface area (Å²) in [6.07, 6.45) is 2.03. The number of ether oxygens (including phenoxy) is 1. The normalized spacial score (nSPS) is 15.9. The molecule has 1 aromatic carbocycles. The number of benzene rings is 1. The summed E-state index contributed by atoms with van der Waals surface area (Å²) in [6, 6.07) is 7.44. The summed E-state index contributed by atoms with van der Waals surface area (Å²) in [5.41, 5.74) is 1.05. The molecule has 0 saturated carbocycles. The van der Waals surface area contributed by atoms with Gasteiger partial charge in [-0.2, -0.15) is 0 Å². The van der Waals surface area contributed by atoms with Crippen molar-refractivity contribution in [2.45, 2.75) is 45.4 Å². The van der Waals surface area contributed by atoms with Crippen molar-refractivity contribution in [1.29, 1.82) is 0 Å². The standard InChI is InChI=1S/C19H24Cl2N4O2/c1-12(2)27-16-8-13(7-15(26)9-16)11-25-5-3-14(4-6-25)22-18-10-17(20)23-19(21)24-18/h7-10,12,14,26H,3-6,11H2,1-2H3,(H,22,23,24). The highest BCUT2D eigenvalue weighted by Gasteiger charge is 2.20. The van der Waals surface area contributed by atoms with Crippen LogP contribution in [0.2, 0.25) is 10.4 Å². The maximum Gasteiger partial charge on any atom is 0.225 e. The minimum atomic E-state index is 0.0743. The highest BCUT2D eigenvalue weighted by Crippen LogP contribution is 2.25. The molecule has 0 aliphatic carbocycles. The zero-order valence-electron chi connectivity index (χ0n) is 15.5. The van der Waals surface area contributed by atoms with Crippen LogP contribution >= 0.6 is 23.2 Å². The Bertz CT molecular complexity index is 760. The van der Waals surface area contributed by atoms with Gasteiger partial charge in [0.05, 0.1) is 6.10 Å². The third-order valence-corrected chi connectivity index (χ3v) is 4.70. The predicted octanol–water partition coefficient (Wildman–Crippen LogP) is 4.35. The van der Waals surface area contributed by atoms with E-state index in [1.807, 2.05) is 19.9 Å². The number of phenols is 1. The van der Waals surface area contributed by atoms with E-state index in [0.29, 0.717) is 22.8 Å². The number of aromatic hydroxyl groups is 1. The summed E-state index contributed by atoms with van der Waals surface area (Å²) in [6.45, 7) is 6.61. The molecule has 2 N–H and O–H groups in total. The number of anilines is 1. The molecule has 0 unspecified atom stereocenters. The molecule has 1 saturated heterocycles. The molecule has 0 bridgehead atoms. The van der Waals surface area contributed by atoms with E-state index in [-0.39, 0.29) is 17.1 Å². The Morgan fingerprint density at radius 2 is 1.93 bits per heavy atom. The number of rotatable bonds is 6. The second kappa shape index (κ2) is 8.95. The monoisotopic (exact) mass is 410 g/mol. The van der Waals surface area contributed by atoms with Crippen LogP contribution in [0.25, 0.3) is 0 Å². The molecule has 2 heterocycles. The summed E-state index contributed by atoms with van der Waals surface area (Å²) < 4.78 is 5.71. The van der Waals surface area contributed by atoms with Crippen molar-refractivity contribution >= 4 is 29.0 Å². The quantitative estimate of drug-likeness (QED) is 0.544. The molecule has 1 aliphatic rings. The lowest BCUT2D eigenvalue weighted by atomic mass is 10.0. The van der Waals surface area contributed by atoms with E-state index >= 15 is 0 Å². The maximum atomic E-state index is 9.95. The second-order valence-corrected chi connectivity index (χ2v) is 7.77. The van der Waals surface area contributed by atoms with Gasteiger partial charge in [-0.3, -0.25) is 4.90 Å². The van der Waals surface area contributed by atoms with Crippen molar-refractivity contribution in [3.63, 3.8) is 0 Å². The molecule has 27 heavy (non-hydrogen) atoms. The number of hydrogen-bond acceptors (Lipinski definition) is 6. The first kappa shape index (κ1) is 20.0. The Morgan fingerprint density at radius 1 is 1.19 bits per heavy atom. The summed E-state index contributed by atoms with van der Waals surface area (Å²) in [4.78, 5) is 10.4. The molecule has 6 nitrogen and oxygen atoms in total. The largest absolute Gasteiger partial charge is 0.508 e. The zero-order chi connectivity index (χ0) is 19.4. The van der Waals surface area contributed by atoms with Crippen molar-refractivity contribution in [3.05, 3.63) is 40.3 Å². The van der Waals surface area contributed by atoms with Crippen LogP contribution in [0.15, 0.2) is 24.3 Å². The Kier molecular flexibility index (Phi) is 6.63. The van der Waals surface area contributed by atoms with Crippen LogP contribution in [0.1, 0.15) is 32.3 Å². The van der Waals surface area contributed by atoms with Crippen LogP contribution in [0.4, 0.5) is 5.82 Å². The van der Waals surface area contributed by atoms with E-state index in [1.165, 1.54) is 0 Å². The Balaban J connectivity index is 1.54. The fourth-order valence-electron chi connectivity index (χ4n) is 3.24. The number of nitrogens with zero attached hydrogens (tertiary/aromatic N) is 3. The van der Waals surface area contributed by atoms with Crippen LogP contribution in [-0.2, 0) is 6.54 Å². The molecular formula is C19H24Cl2N4O2. The zero-order valence-corrected chi connectivity index (χ0v) is 17.0. The van der Waals surface area contributed by atoms with Gasteiger partial charge in [0.1, 0.15) is 22.5 Å². The van der Waals surface area contributed by atoms with E-state index in [1.54, 1.807) is 18.2 Å². The van der Waals surface area contributed by atoms with Crippen molar-refractivity contribution in [1.82, 2.24) is 14.9 Å². The van der Waals surface area contributed by atoms with E-state index in [0.717, 1.165) is 38.0 Å². The first-order valence-electron chi connectivity index (χ1n) is 9.06. The van der Waals surface area contributed by atoms with Crippen LogP contribution in [0.5, 0.6) is 11.5 Å². The molecule has 3 rings (SSSR count). The summed E-state index contributed by atoms with van der Waals surface area (Å²) >= 11 is 11.8.